The summed E-state index contributed by atoms with van der Waals surface area (Å²) in [5, 5.41) is 0. The monoisotopic (exact) mass is 278 g/mol. The van der Waals surface area contributed by atoms with Gasteiger partial charge >= 0.3 is 0 Å². The number of imidazole rings is 1. The Hall–Kier alpha value is -0.790. The smallest absolute Gasteiger partial charge is 0.0949 e. The second kappa shape index (κ2) is 7.28. The second-order valence-corrected chi connectivity index (χ2v) is 8.57. The molecule has 0 bridgehead atoms. The maximum absolute atomic E-state index is 4.51. The first-order chi connectivity index (χ1) is 9.16. The van der Waals surface area contributed by atoms with Gasteiger partial charge in [0.05, 0.1) is 12.0 Å². The van der Waals surface area contributed by atoms with Gasteiger partial charge in [-0.25, -0.2) is 4.98 Å². The van der Waals surface area contributed by atoms with Gasteiger partial charge in [0, 0.05) is 12.7 Å². The fourth-order valence-electron chi connectivity index (χ4n) is 2.47. The molecule has 2 heteroatoms. The molecule has 0 saturated carbocycles. The predicted molar refractivity (Wildman–Crippen MR) is 87.9 cm³/mol. The lowest BCUT2D eigenvalue weighted by Crippen LogP contribution is -2.09. The molecule has 0 unspecified atom stereocenters. The molecule has 1 heterocycles. The van der Waals surface area contributed by atoms with E-state index in [1.807, 2.05) is 6.33 Å². The molecule has 0 aliphatic heterocycles. The Morgan fingerprint density at radius 1 is 0.900 bits per heavy atom. The van der Waals surface area contributed by atoms with Gasteiger partial charge in [0.25, 0.3) is 0 Å². The fraction of sp³-hybridized carbons (Fsp3) is 0.833. The quantitative estimate of drug-likeness (QED) is 0.605. The molecule has 0 N–H and O–H groups in total. The van der Waals surface area contributed by atoms with Gasteiger partial charge in [0.15, 0.2) is 0 Å². The standard InChI is InChI=1S/C18H34N2/c1-17(2,3)11-9-7-8-10-12-20-14-16(19-15-20)13-18(4,5)6/h14-15H,7-13H2,1-6H3. The molecule has 2 nitrogen and oxygen atoms in total. The molecule has 20 heavy (non-hydrogen) atoms. The topological polar surface area (TPSA) is 17.8 Å². The second-order valence-electron chi connectivity index (χ2n) is 8.57. The van der Waals surface area contributed by atoms with Crippen molar-refractivity contribution in [1.29, 1.82) is 0 Å². The molecular formula is C18H34N2. The molecular weight excluding hydrogens is 244 g/mol. The molecule has 1 aromatic rings. The summed E-state index contributed by atoms with van der Waals surface area (Å²) in [6.07, 6.45) is 12.0. The number of hydrogen-bond acceptors (Lipinski definition) is 1. The van der Waals surface area contributed by atoms with E-state index >= 15 is 0 Å². The van der Waals surface area contributed by atoms with E-state index in [0.717, 1.165) is 13.0 Å². The van der Waals surface area contributed by atoms with Crippen molar-refractivity contribution < 1.29 is 0 Å². The number of aryl methyl sites for hydroxylation is 1. The summed E-state index contributed by atoms with van der Waals surface area (Å²) in [5.41, 5.74) is 2.04. The minimum absolute atomic E-state index is 0.326. The van der Waals surface area contributed by atoms with Crippen LogP contribution < -0.4 is 0 Å². The van der Waals surface area contributed by atoms with E-state index < -0.39 is 0 Å². The highest BCUT2D eigenvalue weighted by Gasteiger charge is 2.13. The lowest BCUT2D eigenvalue weighted by Gasteiger charge is -2.17. The maximum atomic E-state index is 4.51. The van der Waals surface area contributed by atoms with Gasteiger partial charge in [-0.1, -0.05) is 60.8 Å². The summed E-state index contributed by atoms with van der Waals surface area (Å²) in [5.74, 6) is 0. The van der Waals surface area contributed by atoms with E-state index in [2.05, 4.69) is 57.3 Å². The molecule has 1 aromatic heterocycles. The van der Waals surface area contributed by atoms with Crippen molar-refractivity contribution >= 4 is 0 Å². The first-order valence-corrected chi connectivity index (χ1v) is 8.16. The Bertz CT molecular complexity index is 377. The van der Waals surface area contributed by atoms with Crippen molar-refractivity contribution in [3.05, 3.63) is 18.2 Å². The predicted octanol–water partition coefficient (Wildman–Crippen LogP) is 5.47. The van der Waals surface area contributed by atoms with Gasteiger partial charge in [0.2, 0.25) is 0 Å². The van der Waals surface area contributed by atoms with Crippen LogP contribution in [0.5, 0.6) is 0 Å². The molecule has 0 amide bonds. The Morgan fingerprint density at radius 2 is 1.55 bits per heavy atom. The van der Waals surface area contributed by atoms with Crippen molar-refractivity contribution in [2.24, 2.45) is 10.8 Å². The number of rotatable bonds is 7. The van der Waals surface area contributed by atoms with Crippen molar-refractivity contribution in [1.82, 2.24) is 9.55 Å². The van der Waals surface area contributed by atoms with Crippen LogP contribution in [0, 0.1) is 10.8 Å². The average molecular weight is 278 g/mol. The minimum atomic E-state index is 0.326. The van der Waals surface area contributed by atoms with Crippen molar-refractivity contribution in [2.75, 3.05) is 0 Å². The molecule has 0 aliphatic rings. The van der Waals surface area contributed by atoms with Crippen LogP contribution in [0.3, 0.4) is 0 Å². The highest BCUT2D eigenvalue weighted by atomic mass is 15.0. The first-order valence-electron chi connectivity index (χ1n) is 8.16. The van der Waals surface area contributed by atoms with Crippen LogP contribution in [0.2, 0.25) is 0 Å². The van der Waals surface area contributed by atoms with Gasteiger partial charge in [-0.3, -0.25) is 0 Å². The Kier molecular flexibility index (Phi) is 6.29. The molecule has 1 rings (SSSR count). The third kappa shape index (κ3) is 8.39. The summed E-state index contributed by atoms with van der Waals surface area (Å²) >= 11 is 0. The van der Waals surface area contributed by atoms with Crippen LogP contribution in [-0.4, -0.2) is 9.55 Å². The summed E-state index contributed by atoms with van der Waals surface area (Å²) in [6.45, 7) is 14.9. The van der Waals surface area contributed by atoms with E-state index in [1.165, 1.54) is 37.8 Å². The lowest BCUT2D eigenvalue weighted by atomic mass is 9.89. The number of nitrogens with zero attached hydrogens (tertiary/aromatic N) is 2. The van der Waals surface area contributed by atoms with Crippen LogP contribution in [0.15, 0.2) is 12.5 Å². The largest absolute Gasteiger partial charge is 0.337 e. The highest BCUT2D eigenvalue weighted by Crippen LogP contribution is 2.22. The third-order valence-corrected chi connectivity index (χ3v) is 3.49. The van der Waals surface area contributed by atoms with E-state index in [1.54, 1.807) is 0 Å². The highest BCUT2D eigenvalue weighted by molar-refractivity contribution is 4.99. The van der Waals surface area contributed by atoms with Crippen LogP contribution in [-0.2, 0) is 13.0 Å². The zero-order valence-corrected chi connectivity index (χ0v) is 14.5. The number of aromatic nitrogens is 2. The van der Waals surface area contributed by atoms with Crippen LogP contribution >= 0.6 is 0 Å². The molecule has 0 fully saturated rings. The van der Waals surface area contributed by atoms with Crippen LogP contribution in [0.25, 0.3) is 0 Å². The van der Waals surface area contributed by atoms with Crippen molar-refractivity contribution in [2.45, 2.75) is 86.6 Å². The average Bonchev–Trinajstić information content (AvgIpc) is 2.66. The number of hydrogen-bond donors (Lipinski definition) is 0. The van der Waals surface area contributed by atoms with Gasteiger partial charge in [0.1, 0.15) is 0 Å². The van der Waals surface area contributed by atoms with Gasteiger partial charge in [-0.15, -0.1) is 0 Å². The summed E-state index contributed by atoms with van der Waals surface area (Å²) in [7, 11) is 0. The van der Waals surface area contributed by atoms with Crippen molar-refractivity contribution in [3.8, 4) is 0 Å². The minimum Gasteiger partial charge on any atom is -0.337 e. The van der Waals surface area contributed by atoms with Crippen LogP contribution in [0.1, 0.15) is 79.3 Å². The molecule has 0 atom stereocenters. The maximum Gasteiger partial charge on any atom is 0.0949 e. The third-order valence-electron chi connectivity index (χ3n) is 3.49. The Balaban J connectivity index is 2.17. The van der Waals surface area contributed by atoms with Gasteiger partial charge in [-0.05, 0) is 30.1 Å². The molecule has 0 spiro atoms. The van der Waals surface area contributed by atoms with E-state index in [9.17, 15) is 0 Å². The van der Waals surface area contributed by atoms with E-state index in [-0.39, 0.29) is 0 Å². The number of unbranched alkanes of at least 4 members (excludes halogenated alkanes) is 3. The Morgan fingerprint density at radius 3 is 2.15 bits per heavy atom. The van der Waals surface area contributed by atoms with Gasteiger partial charge < -0.3 is 4.57 Å². The zero-order valence-electron chi connectivity index (χ0n) is 14.5. The summed E-state index contributed by atoms with van der Waals surface area (Å²) in [4.78, 5) is 4.51. The van der Waals surface area contributed by atoms with Crippen LogP contribution in [0.4, 0.5) is 0 Å². The normalized spacial score (nSPS) is 12.9. The van der Waals surface area contributed by atoms with E-state index in [0.29, 0.717) is 10.8 Å². The molecule has 0 radical (unpaired) electrons. The molecule has 0 aliphatic carbocycles. The SMILES string of the molecule is CC(C)(C)CCCCCCn1cnc(CC(C)(C)C)c1. The van der Waals surface area contributed by atoms with E-state index in [4.69, 9.17) is 0 Å². The van der Waals surface area contributed by atoms with Crippen molar-refractivity contribution in [3.63, 3.8) is 0 Å². The Labute approximate surface area is 126 Å². The molecule has 116 valence electrons. The lowest BCUT2D eigenvalue weighted by molar-refractivity contribution is 0.356. The summed E-state index contributed by atoms with van der Waals surface area (Å²) < 4.78 is 2.25. The zero-order chi connectivity index (χ0) is 15.2. The first kappa shape index (κ1) is 17.3. The molecule has 0 saturated heterocycles. The summed E-state index contributed by atoms with van der Waals surface area (Å²) in [6, 6.07) is 0. The van der Waals surface area contributed by atoms with Gasteiger partial charge in [-0.2, -0.15) is 0 Å². The molecule has 0 aromatic carbocycles. The fourth-order valence-corrected chi connectivity index (χ4v) is 2.47.